The summed E-state index contributed by atoms with van der Waals surface area (Å²) in [5.74, 6) is 0. The van der Waals surface area contributed by atoms with E-state index in [9.17, 15) is 14.8 Å². The average Bonchev–Trinajstić information content (AvgIpc) is 3.80. The number of hydrogen-bond acceptors (Lipinski definition) is 12. The van der Waals surface area contributed by atoms with Gasteiger partial charge >= 0.3 is 0 Å². The van der Waals surface area contributed by atoms with Crippen LogP contribution in [-0.2, 0) is 6.61 Å². The van der Waals surface area contributed by atoms with Crippen LogP contribution < -0.4 is 26.6 Å². The van der Waals surface area contributed by atoms with Gasteiger partial charge in [0.25, 0.3) is 11.1 Å². The number of fused-ring (bicyclic) bond motifs is 2. The second kappa shape index (κ2) is 13.9. The summed E-state index contributed by atoms with van der Waals surface area (Å²) in [6.45, 7) is 5.05. The van der Waals surface area contributed by atoms with Gasteiger partial charge in [-0.3, -0.25) is 19.6 Å². The summed E-state index contributed by atoms with van der Waals surface area (Å²) in [6.07, 6.45) is 11.9. The fourth-order valence-corrected chi connectivity index (χ4v) is 5.13. The van der Waals surface area contributed by atoms with Crippen molar-refractivity contribution in [1.82, 2.24) is 29.4 Å². The van der Waals surface area contributed by atoms with Gasteiger partial charge in [0.05, 0.1) is 46.6 Å². The molecule has 6 heterocycles. The van der Waals surface area contributed by atoms with Crippen LogP contribution in [0.15, 0.2) is 99.2 Å². The lowest BCUT2D eigenvalue weighted by atomic mass is 10.2. The molecule has 14 heteroatoms. The van der Waals surface area contributed by atoms with Crippen molar-refractivity contribution in [2.45, 2.75) is 33.3 Å². The van der Waals surface area contributed by atoms with Crippen molar-refractivity contribution in [3.05, 3.63) is 117 Å². The number of nitrogens with zero attached hydrogens (tertiary/aromatic N) is 8. The first-order valence-electron chi connectivity index (χ1n) is 14.9. The average molecular weight is 633 g/mol. The highest BCUT2D eigenvalue weighted by Crippen LogP contribution is 2.23. The molecule has 0 atom stereocenters. The van der Waals surface area contributed by atoms with Gasteiger partial charge in [0.2, 0.25) is 0 Å². The van der Waals surface area contributed by atoms with Crippen molar-refractivity contribution in [3.8, 4) is 0 Å². The summed E-state index contributed by atoms with van der Waals surface area (Å²) in [7, 11) is 0. The van der Waals surface area contributed by atoms with Gasteiger partial charge in [-0.05, 0) is 19.4 Å². The first-order chi connectivity index (χ1) is 22.9. The maximum Gasteiger partial charge on any atom is 0.287 e. The lowest BCUT2D eigenvalue weighted by Gasteiger charge is -2.15. The van der Waals surface area contributed by atoms with E-state index in [0.29, 0.717) is 45.9 Å². The summed E-state index contributed by atoms with van der Waals surface area (Å²) >= 11 is 0. The van der Waals surface area contributed by atoms with Gasteiger partial charge in [0.1, 0.15) is 19.3 Å². The van der Waals surface area contributed by atoms with Crippen molar-refractivity contribution >= 4 is 44.9 Å². The minimum absolute atomic E-state index is 0.194. The summed E-state index contributed by atoms with van der Waals surface area (Å²) in [6, 6.07) is 12.5. The van der Waals surface area contributed by atoms with Crippen molar-refractivity contribution in [2.75, 3.05) is 23.7 Å². The molecule has 2 aliphatic heterocycles. The van der Waals surface area contributed by atoms with Gasteiger partial charge in [-0.2, -0.15) is 0 Å². The second-order valence-electron chi connectivity index (χ2n) is 10.7. The molecule has 2 aliphatic rings. The number of hydrogen-bond donors (Lipinski definition) is 3. The number of aromatic nitrogens is 6. The first-order valence-corrected chi connectivity index (χ1v) is 14.9. The standard InChI is InChI=1S/C20H19N5O2.C13H13N5O2/c1-14-19-17(22-11-16-8-5-9-21-16)10-18(26)25(20(19)24-13-23-14)27-12-15-6-3-2-4-7-15;1-8-12-10(15-6-9-3-2-4-14-9)5-11(19)18(20)13(12)17-7-16-8/h2-7,9-10,13,22H,8,11-12H2,1H3;2,4-5,7,15,20H,3,6H2,1H3. The second-order valence-corrected chi connectivity index (χ2v) is 10.7. The van der Waals surface area contributed by atoms with Gasteiger partial charge in [-0.15, -0.1) is 9.46 Å². The van der Waals surface area contributed by atoms with E-state index in [0.717, 1.165) is 40.9 Å². The third kappa shape index (κ3) is 6.91. The first kappa shape index (κ1) is 30.8. The number of nitrogens with one attached hydrogen (secondary N) is 2. The number of aryl methyl sites for hydroxylation is 2. The maximum atomic E-state index is 12.7. The molecular weight excluding hydrogens is 600 g/mol. The van der Waals surface area contributed by atoms with Crippen molar-refractivity contribution in [2.24, 2.45) is 9.98 Å². The SMILES string of the molecule is Cc1ncnc2c1c(NCC1=NC=CC1)cc(=O)n2O.Cc1ncnc2c1c(NCC1=NC=CC1)cc(=O)n2OCc1ccccc1. The van der Waals surface area contributed by atoms with Crippen LogP contribution in [0, 0.1) is 13.8 Å². The molecule has 47 heavy (non-hydrogen) atoms. The molecule has 4 aromatic heterocycles. The Bertz CT molecular complexity index is 2190. The number of rotatable bonds is 9. The van der Waals surface area contributed by atoms with E-state index < -0.39 is 5.56 Å². The van der Waals surface area contributed by atoms with Crippen LogP contribution in [0.1, 0.15) is 29.8 Å². The van der Waals surface area contributed by atoms with E-state index in [1.54, 1.807) is 19.3 Å². The molecule has 0 spiro atoms. The van der Waals surface area contributed by atoms with Crippen molar-refractivity contribution < 1.29 is 10.0 Å². The molecule has 7 rings (SSSR count). The zero-order valence-electron chi connectivity index (χ0n) is 25.8. The molecule has 3 N–H and O–H groups in total. The quantitative estimate of drug-likeness (QED) is 0.204. The molecule has 1 aromatic carbocycles. The predicted molar refractivity (Wildman–Crippen MR) is 180 cm³/mol. The van der Waals surface area contributed by atoms with E-state index in [4.69, 9.17) is 4.84 Å². The van der Waals surface area contributed by atoms with Crippen molar-refractivity contribution in [3.63, 3.8) is 0 Å². The Kier molecular flexibility index (Phi) is 9.09. The zero-order valence-corrected chi connectivity index (χ0v) is 25.8. The maximum absolute atomic E-state index is 12.7. The highest BCUT2D eigenvalue weighted by atomic mass is 16.7. The summed E-state index contributed by atoms with van der Waals surface area (Å²) in [5.41, 5.74) is 5.53. The largest absolute Gasteiger partial charge is 0.423 e. The minimum Gasteiger partial charge on any atom is -0.423 e. The molecule has 0 saturated carbocycles. The Labute approximate surface area is 268 Å². The minimum atomic E-state index is -0.537. The van der Waals surface area contributed by atoms with Crippen LogP contribution in [0.25, 0.3) is 22.1 Å². The normalized spacial score (nSPS) is 13.3. The van der Waals surface area contributed by atoms with Crippen molar-refractivity contribution in [1.29, 1.82) is 0 Å². The van der Waals surface area contributed by atoms with E-state index in [-0.39, 0.29) is 17.8 Å². The van der Waals surface area contributed by atoms with Gasteiger partial charge < -0.3 is 20.7 Å². The summed E-state index contributed by atoms with van der Waals surface area (Å²) in [4.78, 5) is 55.3. The number of benzene rings is 1. The highest BCUT2D eigenvalue weighted by Gasteiger charge is 2.16. The topological polar surface area (TPSA) is 174 Å². The number of aliphatic imine (C=N–C) groups is 2. The van der Waals surface area contributed by atoms with Crippen LogP contribution >= 0.6 is 0 Å². The predicted octanol–water partition coefficient (Wildman–Crippen LogP) is 3.61. The van der Waals surface area contributed by atoms with Gasteiger partial charge in [0, 0.05) is 48.8 Å². The third-order valence-corrected chi connectivity index (χ3v) is 7.51. The Morgan fingerprint density at radius 1 is 0.766 bits per heavy atom. The Hall–Kier alpha value is -6.18. The molecular formula is C33H32N10O4. The van der Waals surface area contributed by atoms with Gasteiger partial charge in [0.15, 0.2) is 11.3 Å². The molecule has 0 unspecified atom stereocenters. The molecule has 14 nitrogen and oxygen atoms in total. The molecule has 5 aromatic rings. The van der Waals surface area contributed by atoms with Gasteiger partial charge in [-0.1, -0.05) is 42.5 Å². The molecule has 0 aliphatic carbocycles. The van der Waals surface area contributed by atoms with Crippen LogP contribution in [-0.4, -0.2) is 59.1 Å². The molecule has 0 bridgehead atoms. The number of anilines is 2. The van der Waals surface area contributed by atoms with Crippen LogP contribution in [0.5, 0.6) is 0 Å². The van der Waals surface area contributed by atoms with E-state index in [2.05, 4.69) is 40.6 Å². The summed E-state index contributed by atoms with van der Waals surface area (Å²) < 4.78 is 1.76. The van der Waals surface area contributed by atoms with Crippen LogP contribution in [0.3, 0.4) is 0 Å². The monoisotopic (exact) mass is 632 g/mol. The fraction of sp³-hybridized carbons (Fsp3) is 0.212. The molecule has 238 valence electrons. The Morgan fingerprint density at radius 2 is 1.32 bits per heavy atom. The third-order valence-electron chi connectivity index (χ3n) is 7.51. The molecule has 0 amide bonds. The number of pyridine rings is 2. The van der Waals surface area contributed by atoms with E-state index in [1.807, 2.05) is 49.4 Å². The molecule has 0 fully saturated rings. The van der Waals surface area contributed by atoms with Crippen LogP contribution in [0.2, 0.25) is 0 Å². The van der Waals surface area contributed by atoms with Gasteiger partial charge in [-0.25, -0.2) is 19.9 Å². The summed E-state index contributed by atoms with van der Waals surface area (Å²) in [5, 5.41) is 17.6. The molecule has 0 saturated heterocycles. The smallest absolute Gasteiger partial charge is 0.287 e. The zero-order chi connectivity index (χ0) is 32.8. The number of allylic oxidation sites excluding steroid dienone is 2. The van der Waals surface area contributed by atoms with E-state index in [1.165, 1.54) is 29.5 Å². The fourth-order valence-electron chi connectivity index (χ4n) is 5.13. The highest BCUT2D eigenvalue weighted by molar-refractivity contribution is 5.96. The van der Waals surface area contributed by atoms with E-state index >= 15 is 0 Å². The Balaban J connectivity index is 0.000000172. The van der Waals surface area contributed by atoms with Crippen LogP contribution in [0.4, 0.5) is 11.4 Å². The Morgan fingerprint density at radius 3 is 1.89 bits per heavy atom. The lowest BCUT2D eigenvalue weighted by Crippen LogP contribution is -2.28. The lowest BCUT2D eigenvalue weighted by molar-refractivity contribution is 0.0980. The molecule has 0 radical (unpaired) electrons.